The zero-order chi connectivity index (χ0) is 33.3. The van der Waals surface area contributed by atoms with Crippen molar-refractivity contribution in [1.82, 2.24) is 14.9 Å². The van der Waals surface area contributed by atoms with E-state index in [-0.39, 0.29) is 36.1 Å². The average molecular weight is 623 g/mol. The summed E-state index contributed by atoms with van der Waals surface area (Å²) >= 11 is 0. The summed E-state index contributed by atoms with van der Waals surface area (Å²) < 4.78 is 15.0. The minimum atomic E-state index is -2.75. The number of hydrazine groups is 1. The van der Waals surface area contributed by atoms with Crippen molar-refractivity contribution in [3.8, 4) is 16.9 Å². The second-order valence-corrected chi connectivity index (χ2v) is 12.0. The molecule has 3 aliphatic carbocycles. The molecule has 3 aliphatic rings. The third-order valence-electron chi connectivity index (χ3n) is 9.13. The quantitative estimate of drug-likeness (QED) is 0.235. The number of phenols is 1. The number of aliphatic hydroxyl groups is 3. The first-order valence-corrected chi connectivity index (χ1v) is 14.4. The van der Waals surface area contributed by atoms with E-state index in [1.165, 1.54) is 33.1 Å². The molecule has 2 aromatic rings. The second-order valence-electron chi connectivity index (χ2n) is 12.0. The van der Waals surface area contributed by atoms with Gasteiger partial charge in [0.25, 0.3) is 11.8 Å². The van der Waals surface area contributed by atoms with Gasteiger partial charge in [-0.05, 0) is 74.7 Å². The molecule has 2 amide bonds. The van der Waals surface area contributed by atoms with Crippen LogP contribution in [0.5, 0.6) is 5.75 Å². The van der Waals surface area contributed by atoms with Crippen molar-refractivity contribution >= 4 is 23.4 Å². The second kappa shape index (κ2) is 11.1. The number of hydrogen-bond donors (Lipinski definition) is 5. The lowest BCUT2D eigenvalue weighted by Gasteiger charge is -2.50. The predicted octanol–water partition coefficient (Wildman–Crippen LogP) is 1.87. The van der Waals surface area contributed by atoms with Crippen molar-refractivity contribution in [1.29, 1.82) is 0 Å². The summed E-state index contributed by atoms with van der Waals surface area (Å²) in [5.41, 5.74) is 2.25. The maximum absolute atomic E-state index is 15.0. The number of benzene rings is 2. The molecule has 0 aromatic heterocycles. The molecule has 0 saturated heterocycles. The van der Waals surface area contributed by atoms with Crippen LogP contribution in [0.15, 0.2) is 53.0 Å². The van der Waals surface area contributed by atoms with Gasteiger partial charge in [-0.1, -0.05) is 12.1 Å². The third kappa shape index (κ3) is 4.61. The number of ketones is 2. The number of nitrogens with zero attached hydrogens (tertiary/aromatic N) is 3. The van der Waals surface area contributed by atoms with Crippen molar-refractivity contribution in [3.63, 3.8) is 0 Å². The van der Waals surface area contributed by atoms with Gasteiger partial charge in [0.1, 0.15) is 28.7 Å². The zero-order valence-corrected chi connectivity index (χ0v) is 25.5. The number of carbonyl (C=O) groups is 4. The van der Waals surface area contributed by atoms with Crippen LogP contribution in [-0.2, 0) is 16.0 Å². The Morgan fingerprint density at radius 2 is 1.73 bits per heavy atom. The van der Waals surface area contributed by atoms with Crippen LogP contribution in [0.3, 0.4) is 0 Å². The third-order valence-corrected chi connectivity index (χ3v) is 9.13. The summed E-state index contributed by atoms with van der Waals surface area (Å²) in [6.07, 6.45) is -0.0416. The number of Topliss-reactive ketones (excluding diaryl/α,β-unsaturated/α-hetero) is 2. The Morgan fingerprint density at radius 1 is 1.07 bits per heavy atom. The van der Waals surface area contributed by atoms with E-state index in [9.17, 15) is 44.0 Å². The number of allylic oxidation sites excluding steroid dienone is 1. The van der Waals surface area contributed by atoms with Gasteiger partial charge in [0, 0.05) is 32.1 Å². The van der Waals surface area contributed by atoms with E-state index in [1.807, 2.05) is 0 Å². The van der Waals surface area contributed by atoms with Crippen LogP contribution in [-0.4, -0.2) is 105 Å². The largest absolute Gasteiger partial charge is 0.510 e. The van der Waals surface area contributed by atoms with Crippen molar-refractivity contribution in [3.05, 3.63) is 75.5 Å². The summed E-state index contributed by atoms with van der Waals surface area (Å²) in [6, 6.07) is 5.65. The molecule has 0 unspecified atom stereocenters. The lowest BCUT2D eigenvalue weighted by molar-refractivity contribution is -0.148. The standard InChI is InChI=1S/C32H35FN4O8/c1-6-37(36(4)5)31(44)18-11-14(7-9-20(18)33)16-8-10-21(38)23-17(16)12-15-13-19-25(35(2)3)27(40)24(30(34)43)29(42)32(19,45)28(41)22(15)26(23)39/h7-11,15,19,25,38,40-41,45H,6,12-13H2,1-5H3,(H2,34,43)/t15-,19-,25-,32-/m0/s1. The van der Waals surface area contributed by atoms with Crippen LogP contribution in [0, 0.1) is 17.7 Å². The Hall–Kier alpha value is -4.59. The molecule has 13 heteroatoms. The van der Waals surface area contributed by atoms with E-state index >= 15 is 0 Å². The van der Waals surface area contributed by atoms with Crippen molar-refractivity contribution in [2.45, 2.75) is 31.4 Å². The summed E-state index contributed by atoms with van der Waals surface area (Å²) in [5.74, 6) is -8.80. The molecule has 0 fully saturated rings. The summed E-state index contributed by atoms with van der Waals surface area (Å²) in [4.78, 5) is 54.4. The van der Waals surface area contributed by atoms with Crippen LogP contribution < -0.4 is 5.73 Å². The Morgan fingerprint density at radius 3 is 2.31 bits per heavy atom. The first-order chi connectivity index (χ1) is 21.1. The Labute approximate surface area is 258 Å². The van der Waals surface area contributed by atoms with Gasteiger partial charge in [0.05, 0.1) is 17.2 Å². The monoisotopic (exact) mass is 622 g/mol. The van der Waals surface area contributed by atoms with Gasteiger partial charge in [0.2, 0.25) is 5.78 Å². The van der Waals surface area contributed by atoms with Gasteiger partial charge in [-0.3, -0.25) is 29.1 Å². The highest BCUT2D eigenvalue weighted by molar-refractivity contribution is 6.25. The van der Waals surface area contributed by atoms with Crippen LogP contribution in [0.25, 0.3) is 11.1 Å². The van der Waals surface area contributed by atoms with Gasteiger partial charge in [-0.25, -0.2) is 9.40 Å². The minimum Gasteiger partial charge on any atom is -0.510 e. The van der Waals surface area contributed by atoms with Gasteiger partial charge in [0.15, 0.2) is 11.4 Å². The number of hydrogen-bond acceptors (Lipinski definition) is 10. The Kier molecular flexibility index (Phi) is 7.84. The maximum Gasteiger partial charge on any atom is 0.271 e. The number of carbonyl (C=O) groups excluding carboxylic acids is 4. The molecular formula is C32H35FN4O8. The molecule has 0 heterocycles. The Bertz CT molecular complexity index is 1730. The summed E-state index contributed by atoms with van der Waals surface area (Å²) in [6.45, 7) is 2.03. The molecule has 0 spiro atoms. The topological polar surface area (TPSA) is 185 Å². The molecule has 0 aliphatic heterocycles. The number of aromatic hydroxyl groups is 1. The van der Waals surface area contributed by atoms with Crippen molar-refractivity contribution < 1.29 is 44.0 Å². The normalized spacial score (nSPS) is 24.5. The van der Waals surface area contributed by atoms with E-state index in [0.29, 0.717) is 16.7 Å². The Balaban J connectivity index is 1.68. The SMILES string of the molecule is CCN(C(=O)c1cc(-c2ccc(O)c3c2C[C@H]2C[C@H]4[C@H](N(C)C)C(O)=C(C(N)=O)C(=O)[C@@]4(O)C(O)=C2C3=O)ccc1F)N(C)C. The fourth-order valence-electron chi connectivity index (χ4n) is 7.12. The number of likely N-dealkylation sites (N-methyl/N-ethyl adjacent to an activating group) is 1. The van der Waals surface area contributed by atoms with Gasteiger partial charge in [-0.2, -0.15) is 0 Å². The molecule has 2 aromatic carbocycles. The van der Waals surface area contributed by atoms with Crippen LogP contribution in [0.2, 0.25) is 0 Å². The number of phenolic OH excluding ortho intramolecular Hbond substituents is 1. The lowest BCUT2D eigenvalue weighted by atomic mass is 9.58. The predicted molar refractivity (Wildman–Crippen MR) is 159 cm³/mol. The molecule has 6 N–H and O–H groups in total. The highest BCUT2D eigenvalue weighted by Crippen LogP contribution is 2.53. The number of halogens is 1. The summed E-state index contributed by atoms with van der Waals surface area (Å²) in [7, 11) is 6.41. The smallest absolute Gasteiger partial charge is 0.271 e. The fourth-order valence-corrected chi connectivity index (χ4v) is 7.12. The first kappa shape index (κ1) is 31.8. The van der Waals surface area contributed by atoms with E-state index < -0.39 is 75.5 Å². The highest BCUT2D eigenvalue weighted by Gasteiger charge is 2.63. The van der Waals surface area contributed by atoms with Crippen LogP contribution in [0.4, 0.5) is 4.39 Å². The lowest BCUT2D eigenvalue weighted by Crippen LogP contribution is -2.63. The molecule has 4 atom stereocenters. The van der Waals surface area contributed by atoms with E-state index in [1.54, 1.807) is 41.2 Å². The molecule has 0 radical (unpaired) electrons. The van der Waals surface area contributed by atoms with Gasteiger partial charge >= 0.3 is 0 Å². The summed E-state index contributed by atoms with van der Waals surface area (Å²) in [5, 5.41) is 47.9. The zero-order valence-electron chi connectivity index (χ0n) is 25.5. The first-order valence-electron chi connectivity index (χ1n) is 14.4. The van der Waals surface area contributed by atoms with E-state index in [0.717, 1.165) is 6.07 Å². The minimum absolute atomic E-state index is 0.0394. The molecular weight excluding hydrogens is 587 g/mol. The highest BCUT2D eigenvalue weighted by atomic mass is 19.1. The number of fused-ring (bicyclic) bond motifs is 3. The van der Waals surface area contributed by atoms with Crippen LogP contribution in [0.1, 0.15) is 39.6 Å². The average Bonchev–Trinajstić information content (AvgIpc) is 2.95. The fraction of sp³-hybridized carbons (Fsp3) is 0.375. The van der Waals surface area contributed by atoms with E-state index in [4.69, 9.17) is 5.73 Å². The number of nitrogens with two attached hydrogens (primary N) is 1. The van der Waals surface area contributed by atoms with Crippen molar-refractivity contribution in [2.24, 2.45) is 17.6 Å². The van der Waals surface area contributed by atoms with Gasteiger partial charge in [-0.15, -0.1) is 0 Å². The maximum atomic E-state index is 15.0. The number of rotatable bonds is 6. The van der Waals surface area contributed by atoms with Crippen LogP contribution >= 0.6 is 0 Å². The molecule has 5 rings (SSSR count). The molecule has 0 saturated carbocycles. The van der Waals surface area contributed by atoms with E-state index in [2.05, 4.69) is 0 Å². The molecule has 0 bridgehead atoms. The number of primary amides is 1. The molecule has 12 nitrogen and oxygen atoms in total. The van der Waals surface area contributed by atoms with Crippen molar-refractivity contribution in [2.75, 3.05) is 34.7 Å². The number of aliphatic hydroxyl groups excluding tert-OH is 2. The van der Waals surface area contributed by atoms with Gasteiger partial charge < -0.3 is 26.2 Å². The molecule has 45 heavy (non-hydrogen) atoms. The number of amides is 2. The molecule has 238 valence electrons.